The molecule has 0 aliphatic heterocycles. The molecule has 0 aliphatic carbocycles. The lowest BCUT2D eigenvalue weighted by Gasteiger charge is -2.03. The van der Waals surface area contributed by atoms with Gasteiger partial charge in [0, 0.05) is 17.7 Å². The van der Waals surface area contributed by atoms with E-state index in [4.69, 9.17) is 0 Å². The van der Waals surface area contributed by atoms with Crippen molar-refractivity contribution in [2.75, 3.05) is 7.11 Å². The summed E-state index contributed by atoms with van der Waals surface area (Å²) in [6.45, 7) is 0. The summed E-state index contributed by atoms with van der Waals surface area (Å²) in [6, 6.07) is 4.69. The molecule has 0 radical (unpaired) electrons. The monoisotopic (exact) mass is 266 g/mol. The number of ether oxygens (including phenoxy) is 1. The first-order valence-electron chi connectivity index (χ1n) is 5.09. The Labute approximate surface area is 107 Å². The Morgan fingerprint density at radius 2 is 1.84 bits per heavy atom. The molecule has 0 saturated heterocycles. The van der Waals surface area contributed by atoms with Gasteiger partial charge in [-0.2, -0.15) is 0 Å². The molecule has 0 bridgehead atoms. The third kappa shape index (κ3) is 4.19. The van der Waals surface area contributed by atoms with Gasteiger partial charge in [-0.05, 0) is 12.1 Å². The van der Waals surface area contributed by atoms with E-state index in [1.807, 2.05) is 5.32 Å². The second-order valence-electron chi connectivity index (χ2n) is 3.43. The fraction of sp³-hybridized carbons (Fsp3) is 0.182. The number of imide groups is 1. The summed E-state index contributed by atoms with van der Waals surface area (Å²) in [5.74, 6) is -2.33. The van der Waals surface area contributed by atoms with Crippen molar-refractivity contribution in [3.8, 4) is 0 Å². The van der Waals surface area contributed by atoms with Crippen molar-refractivity contribution in [2.24, 2.45) is 0 Å². The Morgan fingerprint density at radius 1 is 1.26 bits per heavy atom. The zero-order chi connectivity index (χ0) is 14.4. The molecule has 0 atom stereocenters. The number of benzene rings is 1. The van der Waals surface area contributed by atoms with Gasteiger partial charge in [-0.1, -0.05) is 0 Å². The molecule has 0 heterocycles. The van der Waals surface area contributed by atoms with Crippen LogP contribution in [0.15, 0.2) is 24.3 Å². The number of nitro groups is 1. The van der Waals surface area contributed by atoms with Gasteiger partial charge >= 0.3 is 5.97 Å². The van der Waals surface area contributed by atoms with Crippen LogP contribution in [0.2, 0.25) is 0 Å². The normalized spacial score (nSPS) is 9.53. The van der Waals surface area contributed by atoms with Gasteiger partial charge < -0.3 is 4.74 Å². The largest absolute Gasteiger partial charge is 0.469 e. The van der Waals surface area contributed by atoms with E-state index in [0.29, 0.717) is 0 Å². The lowest BCUT2D eigenvalue weighted by Crippen LogP contribution is -2.32. The Balaban J connectivity index is 2.65. The van der Waals surface area contributed by atoms with Crippen molar-refractivity contribution in [2.45, 2.75) is 6.42 Å². The molecule has 0 aliphatic rings. The second kappa shape index (κ2) is 6.24. The number of nitrogens with zero attached hydrogens (tertiary/aromatic N) is 1. The van der Waals surface area contributed by atoms with Gasteiger partial charge in [0.15, 0.2) is 0 Å². The summed E-state index contributed by atoms with van der Waals surface area (Å²) in [5.41, 5.74) is -0.0961. The molecule has 1 rings (SSSR count). The summed E-state index contributed by atoms with van der Waals surface area (Å²) in [5, 5.41) is 12.4. The highest BCUT2D eigenvalue weighted by molar-refractivity contribution is 6.08. The summed E-state index contributed by atoms with van der Waals surface area (Å²) >= 11 is 0. The molecule has 0 aromatic heterocycles. The van der Waals surface area contributed by atoms with E-state index in [0.717, 1.165) is 19.2 Å². The van der Waals surface area contributed by atoms with E-state index in [-0.39, 0.29) is 11.3 Å². The van der Waals surface area contributed by atoms with E-state index in [2.05, 4.69) is 4.74 Å². The molecule has 8 nitrogen and oxygen atoms in total. The average Bonchev–Trinajstić information content (AvgIpc) is 2.38. The van der Waals surface area contributed by atoms with Crippen LogP contribution in [0.1, 0.15) is 16.8 Å². The SMILES string of the molecule is COC(=O)CC(=O)NC(=O)c1ccc([N+](=O)[O-])cc1. The maximum atomic E-state index is 11.6. The first kappa shape index (κ1) is 14.3. The summed E-state index contributed by atoms with van der Waals surface area (Å²) in [6.07, 6.45) is -0.574. The maximum absolute atomic E-state index is 11.6. The standard InChI is InChI=1S/C11H10N2O6/c1-19-10(15)6-9(14)12-11(16)7-2-4-8(5-3-7)13(17)18/h2-5H,6H2,1H3,(H,12,14,16). The number of hydrogen-bond acceptors (Lipinski definition) is 6. The van der Waals surface area contributed by atoms with Crippen LogP contribution in [0, 0.1) is 10.1 Å². The molecule has 1 aromatic rings. The van der Waals surface area contributed by atoms with Gasteiger partial charge in [0.25, 0.3) is 11.6 Å². The van der Waals surface area contributed by atoms with Gasteiger partial charge in [0.05, 0.1) is 12.0 Å². The fourth-order valence-corrected chi connectivity index (χ4v) is 1.18. The topological polar surface area (TPSA) is 116 Å². The van der Waals surface area contributed by atoms with Gasteiger partial charge in [0.1, 0.15) is 6.42 Å². The summed E-state index contributed by atoms with van der Waals surface area (Å²) in [4.78, 5) is 43.4. The minimum atomic E-state index is -0.810. The molecule has 100 valence electrons. The predicted molar refractivity (Wildman–Crippen MR) is 62.2 cm³/mol. The van der Waals surface area contributed by atoms with Crippen LogP contribution in [-0.2, 0) is 14.3 Å². The molecule has 2 amide bonds. The van der Waals surface area contributed by atoms with Crippen LogP contribution < -0.4 is 5.32 Å². The number of rotatable bonds is 4. The van der Waals surface area contributed by atoms with E-state index in [1.54, 1.807) is 0 Å². The number of esters is 1. The van der Waals surface area contributed by atoms with Gasteiger partial charge in [-0.25, -0.2) is 0 Å². The quantitative estimate of drug-likeness (QED) is 0.365. The molecule has 8 heteroatoms. The van der Waals surface area contributed by atoms with Crippen LogP contribution in [0.5, 0.6) is 0 Å². The van der Waals surface area contributed by atoms with Crippen molar-refractivity contribution >= 4 is 23.5 Å². The van der Waals surface area contributed by atoms with Crippen molar-refractivity contribution in [1.29, 1.82) is 0 Å². The Morgan fingerprint density at radius 3 is 2.32 bits per heavy atom. The lowest BCUT2D eigenvalue weighted by molar-refractivity contribution is -0.384. The number of nitro benzene ring substituents is 1. The molecule has 1 N–H and O–H groups in total. The van der Waals surface area contributed by atoms with Crippen molar-refractivity contribution in [1.82, 2.24) is 5.32 Å². The molecule has 1 aromatic carbocycles. The molecule has 0 unspecified atom stereocenters. The number of carbonyl (C=O) groups is 3. The molecular formula is C11H10N2O6. The van der Waals surface area contributed by atoms with Gasteiger partial charge in [-0.3, -0.25) is 29.8 Å². The van der Waals surface area contributed by atoms with Gasteiger partial charge in [0.2, 0.25) is 5.91 Å². The fourth-order valence-electron chi connectivity index (χ4n) is 1.18. The van der Waals surface area contributed by atoms with Crippen molar-refractivity contribution in [3.63, 3.8) is 0 Å². The molecule has 0 saturated carbocycles. The molecule has 19 heavy (non-hydrogen) atoms. The summed E-state index contributed by atoms with van der Waals surface area (Å²) in [7, 11) is 1.12. The average molecular weight is 266 g/mol. The zero-order valence-corrected chi connectivity index (χ0v) is 9.91. The Hall–Kier alpha value is -2.77. The molecule has 0 spiro atoms. The minimum Gasteiger partial charge on any atom is -0.469 e. The summed E-state index contributed by atoms with van der Waals surface area (Å²) < 4.78 is 4.26. The third-order valence-electron chi connectivity index (χ3n) is 2.13. The Bertz CT molecular complexity index is 522. The second-order valence-corrected chi connectivity index (χ2v) is 3.43. The Kier molecular flexibility index (Phi) is 4.69. The van der Waals surface area contributed by atoms with Crippen molar-refractivity contribution in [3.05, 3.63) is 39.9 Å². The predicted octanol–water partition coefficient (Wildman–Crippen LogP) is 0.414. The van der Waals surface area contributed by atoms with Crippen LogP contribution in [0.3, 0.4) is 0 Å². The number of nitrogens with one attached hydrogen (secondary N) is 1. The first-order chi connectivity index (χ1) is 8.93. The molecular weight excluding hydrogens is 256 g/mol. The number of methoxy groups -OCH3 is 1. The lowest BCUT2D eigenvalue weighted by atomic mass is 10.2. The zero-order valence-electron chi connectivity index (χ0n) is 9.91. The van der Waals surface area contributed by atoms with Crippen LogP contribution >= 0.6 is 0 Å². The highest BCUT2D eigenvalue weighted by Gasteiger charge is 2.15. The number of non-ortho nitro benzene ring substituents is 1. The van der Waals surface area contributed by atoms with Gasteiger partial charge in [-0.15, -0.1) is 0 Å². The van der Waals surface area contributed by atoms with E-state index >= 15 is 0 Å². The maximum Gasteiger partial charge on any atom is 0.315 e. The highest BCUT2D eigenvalue weighted by atomic mass is 16.6. The van der Waals surface area contributed by atoms with E-state index in [1.165, 1.54) is 12.1 Å². The minimum absolute atomic E-state index is 0.0730. The number of carbonyl (C=O) groups excluding carboxylic acids is 3. The van der Waals surface area contributed by atoms with Crippen LogP contribution in [-0.4, -0.2) is 29.8 Å². The smallest absolute Gasteiger partial charge is 0.315 e. The van der Waals surface area contributed by atoms with Crippen LogP contribution in [0.25, 0.3) is 0 Å². The number of amides is 2. The third-order valence-corrected chi connectivity index (χ3v) is 2.13. The highest BCUT2D eigenvalue weighted by Crippen LogP contribution is 2.11. The van der Waals surface area contributed by atoms with Crippen molar-refractivity contribution < 1.29 is 24.0 Å². The number of hydrogen-bond donors (Lipinski definition) is 1. The van der Waals surface area contributed by atoms with E-state index < -0.39 is 29.1 Å². The first-order valence-corrected chi connectivity index (χ1v) is 5.09. The molecule has 0 fully saturated rings. The van der Waals surface area contributed by atoms with E-state index in [9.17, 15) is 24.5 Å². The van der Waals surface area contributed by atoms with Crippen LogP contribution in [0.4, 0.5) is 5.69 Å².